The molecule has 6 rings (SSSR count). The summed E-state index contributed by atoms with van der Waals surface area (Å²) in [5.41, 5.74) is 0.0259. The largest absolute Gasteiger partial charge is 0.360 e. The van der Waals surface area contributed by atoms with E-state index in [4.69, 9.17) is 0 Å². The van der Waals surface area contributed by atoms with E-state index in [1.165, 1.54) is 0 Å². The smallest absolute Gasteiger partial charge is 0.251 e. The van der Waals surface area contributed by atoms with Gasteiger partial charge < -0.3 is 10.3 Å². The number of aromatic nitrogens is 1. The molecule has 36 heavy (non-hydrogen) atoms. The Morgan fingerprint density at radius 1 is 1.08 bits per heavy atom. The van der Waals surface area contributed by atoms with Crippen molar-refractivity contribution in [1.29, 1.82) is 5.26 Å². The standard InChI is InChI=1S/C28H20Br2N4O2/c1-34-14-22(16-6-8-17(29)9-7-16)27(15-31,25(35)20-13-32-23-5-3-2-4-19(20)23)28(34)21-11-10-18(30)12-24(21)33-26(28)36/h2-13,22,32H,14H2,1H3,(H,33,36)/t22-,27+,28?/m0/s1. The van der Waals surface area contributed by atoms with E-state index in [1.54, 1.807) is 6.20 Å². The van der Waals surface area contributed by atoms with Crippen LogP contribution in [0.2, 0.25) is 0 Å². The minimum absolute atomic E-state index is 0.353. The first-order valence-corrected chi connectivity index (χ1v) is 13.0. The maximum absolute atomic E-state index is 14.8. The second-order valence-corrected chi connectivity index (χ2v) is 11.2. The lowest BCUT2D eigenvalue weighted by atomic mass is 9.58. The molecule has 2 aliphatic heterocycles. The number of rotatable bonds is 3. The number of Topliss-reactive ketones (excluding diaryl/α,β-unsaturated/α-hetero) is 1. The summed E-state index contributed by atoms with van der Waals surface area (Å²) in [6, 6.07) is 23.1. The summed E-state index contributed by atoms with van der Waals surface area (Å²) in [4.78, 5) is 33.9. The van der Waals surface area contributed by atoms with Gasteiger partial charge in [0.2, 0.25) is 0 Å². The van der Waals surface area contributed by atoms with Crippen LogP contribution in [0, 0.1) is 16.7 Å². The number of carbonyl (C=O) groups is 2. The SMILES string of the molecule is CN1C[C@@H](c2ccc(Br)cc2)[C@](C#N)(C(=O)c2c[nH]c3ccccc23)C12C(=O)Nc1cc(Br)ccc12. The molecule has 0 aliphatic carbocycles. The zero-order valence-corrected chi connectivity index (χ0v) is 22.4. The molecule has 3 heterocycles. The first-order chi connectivity index (χ1) is 17.3. The molecule has 1 aromatic heterocycles. The Bertz CT molecular complexity index is 1610. The number of hydrogen-bond acceptors (Lipinski definition) is 4. The molecule has 178 valence electrons. The van der Waals surface area contributed by atoms with Crippen molar-refractivity contribution < 1.29 is 9.59 Å². The van der Waals surface area contributed by atoms with Gasteiger partial charge in [0, 0.05) is 55.3 Å². The Balaban J connectivity index is 1.68. The van der Waals surface area contributed by atoms with Crippen LogP contribution in [-0.2, 0) is 10.3 Å². The summed E-state index contributed by atoms with van der Waals surface area (Å²) in [5, 5.41) is 14.8. The molecule has 4 aromatic rings. The van der Waals surface area contributed by atoms with Gasteiger partial charge >= 0.3 is 0 Å². The van der Waals surface area contributed by atoms with Crippen LogP contribution in [0.5, 0.6) is 0 Å². The molecule has 2 N–H and O–H groups in total. The third kappa shape index (κ3) is 2.85. The van der Waals surface area contributed by atoms with Gasteiger partial charge in [0.1, 0.15) is 0 Å². The van der Waals surface area contributed by atoms with E-state index in [2.05, 4.69) is 48.2 Å². The molecule has 3 aromatic carbocycles. The first kappa shape index (κ1) is 23.2. The predicted molar refractivity (Wildman–Crippen MR) is 145 cm³/mol. The highest BCUT2D eigenvalue weighted by Crippen LogP contribution is 2.63. The molecule has 1 saturated heterocycles. The van der Waals surface area contributed by atoms with Gasteiger partial charge in [0.25, 0.3) is 5.91 Å². The number of hydrogen-bond donors (Lipinski definition) is 2. The van der Waals surface area contributed by atoms with Gasteiger partial charge in [0.05, 0.1) is 6.07 Å². The molecule has 3 atom stereocenters. The summed E-state index contributed by atoms with van der Waals surface area (Å²) < 4.78 is 1.70. The lowest BCUT2D eigenvalue weighted by molar-refractivity contribution is -0.128. The topological polar surface area (TPSA) is 89.0 Å². The summed E-state index contributed by atoms with van der Waals surface area (Å²) in [5.74, 6) is -1.29. The predicted octanol–water partition coefficient (Wildman–Crippen LogP) is 5.96. The van der Waals surface area contributed by atoms with Crippen LogP contribution >= 0.6 is 31.9 Å². The van der Waals surface area contributed by atoms with Crippen molar-refractivity contribution in [2.24, 2.45) is 5.41 Å². The highest BCUT2D eigenvalue weighted by Gasteiger charge is 2.74. The van der Waals surface area contributed by atoms with Crippen molar-refractivity contribution in [3.05, 3.63) is 98.6 Å². The summed E-state index contributed by atoms with van der Waals surface area (Å²) >= 11 is 6.96. The van der Waals surface area contributed by atoms with E-state index in [-0.39, 0.29) is 11.7 Å². The van der Waals surface area contributed by atoms with Gasteiger partial charge in [-0.15, -0.1) is 0 Å². The fraction of sp³-hybridized carbons (Fsp3) is 0.179. The Labute approximate surface area is 224 Å². The number of aromatic amines is 1. The van der Waals surface area contributed by atoms with Crippen LogP contribution < -0.4 is 5.32 Å². The van der Waals surface area contributed by atoms with Crippen molar-refractivity contribution in [2.75, 3.05) is 18.9 Å². The number of fused-ring (bicyclic) bond motifs is 3. The number of H-pyrrole nitrogens is 1. The Kier molecular flexibility index (Phi) is 5.23. The summed E-state index contributed by atoms with van der Waals surface area (Å²) in [7, 11) is 1.82. The zero-order chi connectivity index (χ0) is 25.2. The Morgan fingerprint density at radius 2 is 1.81 bits per heavy atom. The lowest BCUT2D eigenvalue weighted by Gasteiger charge is -2.41. The van der Waals surface area contributed by atoms with Crippen LogP contribution in [-0.4, -0.2) is 35.2 Å². The third-order valence-corrected chi connectivity index (χ3v) is 8.73. The highest BCUT2D eigenvalue weighted by atomic mass is 79.9. The molecule has 1 amide bonds. The van der Waals surface area contributed by atoms with Crippen LogP contribution in [0.15, 0.2) is 81.9 Å². The monoisotopic (exact) mass is 602 g/mol. The molecule has 0 saturated carbocycles. The molecule has 6 nitrogen and oxygen atoms in total. The van der Waals surface area contributed by atoms with E-state index in [1.807, 2.05) is 78.7 Å². The lowest BCUT2D eigenvalue weighted by Crippen LogP contribution is -2.58. The van der Waals surface area contributed by atoms with Gasteiger partial charge in [-0.2, -0.15) is 5.26 Å². The fourth-order valence-electron chi connectivity index (χ4n) is 6.20. The van der Waals surface area contributed by atoms with Crippen LogP contribution in [0.25, 0.3) is 10.9 Å². The maximum atomic E-state index is 14.8. The van der Waals surface area contributed by atoms with Gasteiger partial charge in [-0.1, -0.05) is 68.3 Å². The molecule has 2 aliphatic rings. The van der Waals surface area contributed by atoms with E-state index < -0.39 is 16.9 Å². The number of para-hydroxylation sites is 1. The van der Waals surface area contributed by atoms with E-state index in [0.717, 1.165) is 25.4 Å². The number of nitriles is 1. The van der Waals surface area contributed by atoms with Gasteiger partial charge in [0.15, 0.2) is 16.7 Å². The van der Waals surface area contributed by atoms with Crippen molar-refractivity contribution in [2.45, 2.75) is 11.5 Å². The minimum atomic E-state index is -1.73. The van der Waals surface area contributed by atoms with Crippen LogP contribution in [0.1, 0.15) is 27.4 Å². The quantitative estimate of drug-likeness (QED) is 0.283. The number of ketones is 1. The third-order valence-electron chi connectivity index (χ3n) is 7.71. The number of carbonyl (C=O) groups excluding carboxylic acids is 2. The molecular weight excluding hydrogens is 584 g/mol. The Morgan fingerprint density at radius 3 is 2.56 bits per heavy atom. The van der Waals surface area contributed by atoms with Gasteiger partial charge in [-0.25, -0.2) is 0 Å². The van der Waals surface area contributed by atoms with E-state index in [0.29, 0.717) is 23.4 Å². The molecular formula is C28H20Br2N4O2. The number of nitrogens with zero attached hydrogens (tertiary/aromatic N) is 2. The van der Waals surface area contributed by atoms with Crippen molar-refractivity contribution in [1.82, 2.24) is 9.88 Å². The summed E-state index contributed by atoms with van der Waals surface area (Å²) in [6.07, 6.45) is 1.66. The number of amides is 1. The summed E-state index contributed by atoms with van der Waals surface area (Å²) in [6.45, 7) is 0.353. The second kappa shape index (κ2) is 8.13. The van der Waals surface area contributed by atoms with Gasteiger partial charge in [-0.05, 0) is 42.9 Å². The van der Waals surface area contributed by atoms with E-state index in [9.17, 15) is 14.9 Å². The van der Waals surface area contributed by atoms with Crippen molar-refractivity contribution >= 4 is 60.1 Å². The number of halogens is 2. The van der Waals surface area contributed by atoms with Crippen molar-refractivity contribution in [3.8, 4) is 6.07 Å². The van der Waals surface area contributed by atoms with Crippen LogP contribution in [0.3, 0.4) is 0 Å². The number of anilines is 1. The minimum Gasteiger partial charge on any atom is -0.360 e. The number of benzene rings is 3. The highest BCUT2D eigenvalue weighted by molar-refractivity contribution is 9.10. The fourth-order valence-corrected chi connectivity index (χ4v) is 6.82. The Hall–Kier alpha value is -3.25. The molecule has 0 bridgehead atoms. The molecule has 0 radical (unpaired) electrons. The number of likely N-dealkylation sites (N-methyl/N-ethyl adjacent to an activating group) is 1. The van der Waals surface area contributed by atoms with Gasteiger partial charge in [-0.3, -0.25) is 14.5 Å². The van der Waals surface area contributed by atoms with Crippen LogP contribution in [0.4, 0.5) is 5.69 Å². The molecule has 8 heteroatoms. The number of nitrogens with one attached hydrogen (secondary N) is 2. The first-order valence-electron chi connectivity index (χ1n) is 11.4. The second-order valence-electron chi connectivity index (χ2n) is 9.34. The maximum Gasteiger partial charge on any atom is 0.251 e. The van der Waals surface area contributed by atoms with E-state index >= 15 is 0 Å². The molecule has 1 spiro atoms. The average Bonchev–Trinajstić information content (AvgIpc) is 3.51. The average molecular weight is 604 g/mol. The van der Waals surface area contributed by atoms with Crippen molar-refractivity contribution in [3.63, 3.8) is 0 Å². The number of likely N-dealkylation sites (tertiary alicyclic amines) is 1. The molecule has 1 fully saturated rings. The normalized spacial score (nSPS) is 25.2. The molecule has 1 unspecified atom stereocenters. The zero-order valence-electron chi connectivity index (χ0n) is 19.2.